The van der Waals surface area contributed by atoms with Crippen molar-refractivity contribution < 1.29 is 0 Å². The summed E-state index contributed by atoms with van der Waals surface area (Å²) >= 11 is 0. The van der Waals surface area contributed by atoms with Crippen LogP contribution in [0.5, 0.6) is 0 Å². The van der Waals surface area contributed by atoms with Gasteiger partial charge in [-0.3, -0.25) is 4.99 Å². The third kappa shape index (κ3) is 5.15. The highest BCUT2D eigenvalue weighted by Crippen LogP contribution is 2.11. The molecule has 0 fully saturated rings. The number of unbranched alkanes of at least 4 members (excludes halogenated alkanes) is 2. The highest BCUT2D eigenvalue weighted by Gasteiger charge is 2.01. The third-order valence-electron chi connectivity index (χ3n) is 2.84. The summed E-state index contributed by atoms with van der Waals surface area (Å²) in [5.41, 5.74) is 2.73. The number of aliphatic imine (C=N–C) groups is 1. The molecule has 0 saturated carbocycles. The molecule has 2 heteroatoms. The number of hydrogen-bond acceptors (Lipinski definition) is 2. The topological polar surface area (TPSA) is 24.4 Å². The largest absolute Gasteiger partial charge is 0.388 e. The van der Waals surface area contributed by atoms with Crippen LogP contribution in [0.2, 0.25) is 0 Å². The minimum atomic E-state index is 1.09. The molecule has 0 aromatic heterocycles. The van der Waals surface area contributed by atoms with E-state index in [1.807, 2.05) is 13.3 Å². The fourth-order valence-corrected chi connectivity index (χ4v) is 1.90. The molecule has 1 aliphatic rings. The minimum absolute atomic E-state index is 1.09. The standard InChI is InChI=1S/C14H24N2/c1-3-4-5-8-14-10-9-13(12-15-2)7-6-11-16-14/h9-10,12,16H,3-8,11H2,1-2H3. The quantitative estimate of drug-likeness (QED) is 0.557. The lowest BCUT2D eigenvalue weighted by atomic mass is 10.1. The fourth-order valence-electron chi connectivity index (χ4n) is 1.90. The second kappa shape index (κ2) is 8.14. The van der Waals surface area contributed by atoms with E-state index in [2.05, 4.69) is 29.4 Å². The van der Waals surface area contributed by atoms with Gasteiger partial charge in [0.2, 0.25) is 0 Å². The Morgan fingerprint density at radius 3 is 3.00 bits per heavy atom. The van der Waals surface area contributed by atoms with Crippen LogP contribution in [0, 0.1) is 0 Å². The predicted molar refractivity (Wildman–Crippen MR) is 72.0 cm³/mol. The molecule has 0 unspecified atom stereocenters. The van der Waals surface area contributed by atoms with Crippen LogP contribution < -0.4 is 5.32 Å². The second-order valence-corrected chi connectivity index (χ2v) is 4.31. The van der Waals surface area contributed by atoms with Crippen LogP contribution in [0.1, 0.15) is 45.4 Å². The van der Waals surface area contributed by atoms with Crippen molar-refractivity contribution in [2.24, 2.45) is 4.99 Å². The lowest BCUT2D eigenvalue weighted by molar-refractivity contribution is 0.647. The van der Waals surface area contributed by atoms with E-state index in [1.54, 1.807) is 0 Å². The normalized spacial score (nSPS) is 17.4. The van der Waals surface area contributed by atoms with Crippen molar-refractivity contribution in [1.82, 2.24) is 5.32 Å². The summed E-state index contributed by atoms with van der Waals surface area (Å²) in [6, 6.07) is 0. The molecule has 1 heterocycles. The van der Waals surface area contributed by atoms with Crippen LogP contribution in [0.15, 0.2) is 28.4 Å². The van der Waals surface area contributed by atoms with E-state index in [1.165, 1.54) is 43.4 Å². The number of allylic oxidation sites excluding steroid dienone is 4. The van der Waals surface area contributed by atoms with E-state index in [9.17, 15) is 0 Å². The molecule has 0 radical (unpaired) electrons. The molecule has 1 rings (SSSR count). The summed E-state index contributed by atoms with van der Waals surface area (Å²) in [5.74, 6) is 0. The summed E-state index contributed by atoms with van der Waals surface area (Å²) in [5, 5.41) is 3.52. The van der Waals surface area contributed by atoms with Crippen LogP contribution in [-0.4, -0.2) is 19.8 Å². The SMILES string of the molecule is CCCCCC1=CC=C(C=NC)CCCN1. The minimum Gasteiger partial charge on any atom is -0.388 e. The van der Waals surface area contributed by atoms with Gasteiger partial charge in [-0.25, -0.2) is 0 Å². The zero-order chi connectivity index (χ0) is 11.6. The molecule has 0 bridgehead atoms. The van der Waals surface area contributed by atoms with E-state index in [-0.39, 0.29) is 0 Å². The third-order valence-corrected chi connectivity index (χ3v) is 2.84. The van der Waals surface area contributed by atoms with Crippen molar-refractivity contribution in [3.8, 4) is 0 Å². The lowest BCUT2D eigenvalue weighted by Crippen LogP contribution is -2.16. The van der Waals surface area contributed by atoms with Crippen LogP contribution in [0.25, 0.3) is 0 Å². The summed E-state index contributed by atoms with van der Waals surface area (Å²) < 4.78 is 0. The Kier molecular flexibility index (Phi) is 6.62. The van der Waals surface area contributed by atoms with E-state index in [0.717, 1.165) is 13.0 Å². The molecule has 90 valence electrons. The van der Waals surface area contributed by atoms with Crippen molar-refractivity contribution in [2.75, 3.05) is 13.6 Å². The lowest BCUT2D eigenvalue weighted by Gasteiger charge is -2.13. The first-order chi connectivity index (χ1) is 7.86. The van der Waals surface area contributed by atoms with E-state index >= 15 is 0 Å². The molecule has 2 nitrogen and oxygen atoms in total. The summed E-state index contributed by atoms with van der Waals surface area (Å²) in [4.78, 5) is 4.09. The Hall–Kier alpha value is -1.05. The number of hydrogen-bond donors (Lipinski definition) is 1. The molecule has 0 amide bonds. The van der Waals surface area contributed by atoms with Crippen LogP contribution in [0.3, 0.4) is 0 Å². The molecule has 0 atom stereocenters. The molecule has 0 aromatic rings. The number of nitrogens with one attached hydrogen (secondary N) is 1. The van der Waals surface area contributed by atoms with Crippen LogP contribution in [-0.2, 0) is 0 Å². The summed E-state index contributed by atoms with van der Waals surface area (Å²) in [7, 11) is 1.84. The number of rotatable bonds is 5. The van der Waals surface area contributed by atoms with Gasteiger partial charge in [-0.1, -0.05) is 25.8 Å². The first-order valence-electron chi connectivity index (χ1n) is 6.42. The van der Waals surface area contributed by atoms with Crippen molar-refractivity contribution in [1.29, 1.82) is 0 Å². The zero-order valence-corrected chi connectivity index (χ0v) is 10.6. The average molecular weight is 220 g/mol. The number of nitrogens with zero attached hydrogens (tertiary/aromatic N) is 1. The van der Waals surface area contributed by atoms with Gasteiger partial charge in [0, 0.05) is 25.5 Å². The van der Waals surface area contributed by atoms with Crippen LogP contribution in [0.4, 0.5) is 0 Å². The molecule has 1 N–H and O–H groups in total. The Labute approximate surface area is 99.5 Å². The highest BCUT2D eigenvalue weighted by atomic mass is 14.9. The summed E-state index contributed by atoms with van der Waals surface area (Å²) in [6.45, 7) is 3.34. The van der Waals surface area contributed by atoms with Gasteiger partial charge in [0.15, 0.2) is 0 Å². The molecule has 0 spiro atoms. The maximum Gasteiger partial charge on any atom is 0.0277 e. The van der Waals surface area contributed by atoms with E-state index in [0.29, 0.717) is 0 Å². The summed E-state index contributed by atoms with van der Waals surface area (Å²) in [6.07, 6.45) is 13.8. The first-order valence-corrected chi connectivity index (χ1v) is 6.42. The van der Waals surface area contributed by atoms with Gasteiger partial charge in [-0.05, 0) is 37.3 Å². The maximum atomic E-state index is 4.09. The van der Waals surface area contributed by atoms with Gasteiger partial charge in [0.1, 0.15) is 0 Å². The molecule has 0 aromatic carbocycles. The highest BCUT2D eigenvalue weighted by molar-refractivity contribution is 5.78. The molecular weight excluding hydrogens is 196 g/mol. The smallest absolute Gasteiger partial charge is 0.0277 e. The molecule has 1 aliphatic heterocycles. The first kappa shape index (κ1) is 13.0. The van der Waals surface area contributed by atoms with Crippen LogP contribution >= 0.6 is 0 Å². The monoisotopic (exact) mass is 220 g/mol. The zero-order valence-electron chi connectivity index (χ0n) is 10.6. The Balaban J connectivity index is 2.53. The van der Waals surface area contributed by atoms with E-state index < -0.39 is 0 Å². The van der Waals surface area contributed by atoms with Crippen molar-refractivity contribution in [3.05, 3.63) is 23.4 Å². The van der Waals surface area contributed by atoms with Crippen molar-refractivity contribution in [3.63, 3.8) is 0 Å². The Morgan fingerprint density at radius 2 is 2.25 bits per heavy atom. The second-order valence-electron chi connectivity index (χ2n) is 4.31. The average Bonchev–Trinajstić information content (AvgIpc) is 2.26. The van der Waals surface area contributed by atoms with Gasteiger partial charge < -0.3 is 5.32 Å². The van der Waals surface area contributed by atoms with Gasteiger partial charge in [-0.15, -0.1) is 0 Å². The molecule has 0 aliphatic carbocycles. The maximum absolute atomic E-state index is 4.09. The van der Waals surface area contributed by atoms with E-state index in [4.69, 9.17) is 0 Å². The van der Waals surface area contributed by atoms with Gasteiger partial charge >= 0.3 is 0 Å². The molecular formula is C14H24N2. The Bertz CT molecular complexity index is 274. The van der Waals surface area contributed by atoms with Gasteiger partial charge in [-0.2, -0.15) is 0 Å². The fraction of sp³-hybridized carbons (Fsp3) is 0.643. The van der Waals surface area contributed by atoms with Crippen molar-refractivity contribution >= 4 is 6.21 Å². The van der Waals surface area contributed by atoms with Crippen molar-refractivity contribution in [2.45, 2.75) is 45.4 Å². The van der Waals surface area contributed by atoms with Gasteiger partial charge in [0.05, 0.1) is 0 Å². The molecule has 16 heavy (non-hydrogen) atoms. The predicted octanol–water partition coefficient (Wildman–Crippen LogP) is 3.46. The molecule has 0 saturated heterocycles. The van der Waals surface area contributed by atoms with Gasteiger partial charge in [0.25, 0.3) is 0 Å². The Morgan fingerprint density at radius 1 is 1.38 bits per heavy atom.